The summed E-state index contributed by atoms with van der Waals surface area (Å²) in [7, 11) is 0. The van der Waals surface area contributed by atoms with Gasteiger partial charge in [-0.1, -0.05) is 59.2 Å². The van der Waals surface area contributed by atoms with Crippen LogP contribution in [0, 0.1) is 39.4 Å². The molecule has 1 heterocycles. The van der Waals surface area contributed by atoms with E-state index in [4.69, 9.17) is 4.74 Å². The predicted molar refractivity (Wildman–Crippen MR) is 185 cm³/mol. The molecule has 1 aromatic rings. The number of carbonyl (C=O) groups excluding carboxylic acids is 2. The predicted octanol–water partition coefficient (Wildman–Crippen LogP) is 6.41. The molecule has 7 aliphatic rings. The van der Waals surface area contributed by atoms with Crippen LogP contribution in [0.1, 0.15) is 119 Å². The van der Waals surface area contributed by atoms with Crippen molar-refractivity contribution in [1.82, 2.24) is 5.32 Å². The first kappa shape index (κ1) is 34.4. The van der Waals surface area contributed by atoms with Crippen molar-refractivity contribution in [3.8, 4) is 5.75 Å². The lowest BCUT2D eigenvalue weighted by atomic mass is 9.32. The molecule has 11 unspecified atom stereocenters. The molecule has 5 saturated carbocycles. The van der Waals surface area contributed by atoms with Gasteiger partial charge in [-0.25, -0.2) is 0 Å². The van der Waals surface area contributed by atoms with Crippen LogP contribution >= 0.6 is 0 Å². The molecule has 4 bridgehead atoms. The molecule has 1 aliphatic heterocycles. The molecule has 0 radical (unpaired) electrons. The number of hydrogen-bond acceptors (Lipinski definition) is 7. The third-order valence-electron chi connectivity index (χ3n) is 15.3. The molecule has 1 aromatic carbocycles. The number of aromatic hydroxyl groups is 1. The first-order chi connectivity index (χ1) is 22.2. The van der Waals surface area contributed by atoms with Gasteiger partial charge in [0.1, 0.15) is 17.6 Å². The third-order valence-corrected chi connectivity index (χ3v) is 15.3. The molecule has 7 heteroatoms. The van der Waals surface area contributed by atoms with Crippen LogP contribution in [0.2, 0.25) is 0 Å². The highest BCUT2D eigenvalue weighted by molar-refractivity contribution is 6.01. The zero-order valence-electron chi connectivity index (χ0n) is 30.7. The molecule has 264 valence electrons. The highest BCUT2D eigenvalue weighted by atomic mass is 16.6. The summed E-state index contributed by atoms with van der Waals surface area (Å²) in [4.78, 5) is 29.2. The van der Waals surface area contributed by atoms with Crippen molar-refractivity contribution in [2.45, 2.75) is 149 Å². The molecule has 0 amide bonds. The number of allylic oxidation sites excluding steroid dienone is 2. The van der Waals surface area contributed by atoms with Crippen molar-refractivity contribution >= 4 is 11.6 Å². The summed E-state index contributed by atoms with van der Waals surface area (Å²) in [6.45, 7) is 19.9. The lowest BCUT2D eigenvalue weighted by Crippen LogP contribution is -2.74. The lowest BCUT2D eigenvalue weighted by molar-refractivity contribution is -0.213. The number of epoxide rings is 1. The molecule has 0 aromatic heterocycles. The van der Waals surface area contributed by atoms with Gasteiger partial charge in [-0.05, 0) is 118 Å². The maximum Gasteiger partial charge on any atom is 0.159 e. The Labute approximate surface area is 287 Å². The fourth-order valence-corrected chi connectivity index (χ4v) is 13.8. The van der Waals surface area contributed by atoms with E-state index in [0.29, 0.717) is 32.2 Å². The molecule has 0 spiro atoms. The maximum atomic E-state index is 15.0. The number of benzene rings is 1. The topological polar surface area (TPSA) is 119 Å². The van der Waals surface area contributed by atoms with Crippen LogP contribution in [0.25, 0.3) is 0 Å². The number of hydrogen-bond donors (Lipinski definition) is 4. The second-order valence-corrected chi connectivity index (χ2v) is 19.0. The Hall–Kier alpha value is -2.06. The molecular formula is C41H59NO6. The number of aliphatic hydroxyl groups excluding tert-OH is 2. The van der Waals surface area contributed by atoms with E-state index >= 15 is 4.79 Å². The summed E-state index contributed by atoms with van der Waals surface area (Å²) in [6.07, 6.45) is 4.45. The van der Waals surface area contributed by atoms with E-state index in [9.17, 15) is 20.1 Å². The summed E-state index contributed by atoms with van der Waals surface area (Å²) in [5.74, 6) is 0.922. The Kier molecular flexibility index (Phi) is 7.52. The van der Waals surface area contributed by atoms with Crippen molar-refractivity contribution in [2.75, 3.05) is 6.54 Å². The summed E-state index contributed by atoms with van der Waals surface area (Å²) in [5, 5.41) is 36.4. The van der Waals surface area contributed by atoms with Gasteiger partial charge in [0.25, 0.3) is 0 Å². The van der Waals surface area contributed by atoms with Crippen LogP contribution < -0.4 is 5.32 Å². The second-order valence-electron chi connectivity index (χ2n) is 19.0. The SMILES string of the molecule is CC(O)CNC12CCC3(c4cccc(O)c4)CC(C)(C1C(C)(C)C3=O)C1CCC3=C(C(C)CC(O)C4OC4(C)C)C(=O)CC3(C)C1(C)C2. The van der Waals surface area contributed by atoms with E-state index in [-0.39, 0.29) is 63.0 Å². The van der Waals surface area contributed by atoms with E-state index in [1.54, 1.807) is 6.07 Å². The van der Waals surface area contributed by atoms with Gasteiger partial charge in [0.2, 0.25) is 0 Å². The molecule has 6 fully saturated rings. The first-order valence-corrected chi connectivity index (χ1v) is 18.6. The molecule has 7 nitrogen and oxygen atoms in total. The summed E-state index contributed by atoms with van der Waals surface area (Å²) >= 11 is 0. The molecule has 11 atom stereocenters. The average Bonchev–Trinajstić information content (AvgIpc) is 3.57. The number of fused-ring (bicyclic) bond motifs is 5. The summed E-state index contributed by atoms with van der Waals surface area (Å²) < 4.78 is 5.77. The smallest absolute Gasteiger partial charge is 0.159 e. The van der Waals surface area contributed by atoms with E-state index < -0.39 is 28.6 Å². The van der Waals surface area contributed by atoms with Crippen molar-refractivity contribution in [2.24, 2.45) is 39.4 Å². The third kappa shape index (κ3) is 4.45. The Balaban J connectivity index is 1.37. The number of ketones is 2. The largest absolute Gasteiger partial charge is 0.508 e. The Morgan fingerprint density at radius 1 is 1.00 bits per heavy atom. The van der Waals surface area contributed by atoms with Gasteiger partial charge in [-0.3, -0.25) is 9.59 Å². The molecular weight excluding hydrogens is 602 g/mol. The van der Waals surface area contributed by atoms with Gasteiger partial charge in [-0.15, -0.1) is 0 Å². The van der Waals surface area contributed by atoms with Crippen molar-refractivity contribution < 1.29 is 29.6 Å². The van der Waals surface area contributed by atoms with Gasteiger partial charge < -0.3 is 25.4 Å². The number of Topliss-reactive ketones (excluding diaryl/α,β-unsaturated/α-hetero) is 2. The number of carbonyl (C=O) groups is 2. The number of β-amino-alcohol motifs (C(OH)–C–C–N with tert-alkyl or cyclic N) is 1. The van der Waals surface area contributed by atoms with Gasteiger partial charge in [0.05, 0.1) is 23.2 Å². The van der Waals surface area contributed by atoms with Gasteiger partial charge >= 0.3 is 0 Å². The van der Waals surface area contributed by atoms with Crippen LogP contribution in [-0.2, 0) is 19.7 Å². The van der Waals surface area contributed by atoms with E-state index in [0.717, 1.165) is 36.8 Å². The van der Waals surface area contributed by atoms with Crippen LogP contribution in [-0.4, -0.2) is 62.9 Å². The van der Waals surface area contributed by atoms with E-state index in [2.05, 4.69) is 46.9 Å². The van der Waals surface area contributed by atoms with Gasteiger partial charge in [-0.2, -0.15) is 0 Å². The number of aliphatic hydroxyl groups is 2. The molecule has 4 N–H and O–H groups in total. The molecule has 48 heavy (non-hydrogen) atoms. The highest BCUT2D eigenvalue weighted by Gasteiger charge is 2.78. The minimum Gasteiger partial charge on any atom is -0.508 e. The highest BCUT2D eigenvalue weighted by Crippen LogP contribution is 2.79. The minimum atomic E-state index is -0.732. The normalized spacial score (nSPS) is 44.1. The van der Waals surface area contributed by atoms with Crippen LogP contribution in [0.5, 0.6) is 5.75 Å². The van der Waals surface area contributed by atoms with Crippen molar-refractivity contribution in [3.63, 3.8) is 0 Å². The Morgan fingerprint density at radius 3 is 2.31 bits per heavy atom. The number of rotatable bonds is 8. The van der Waals surface area contributed by atoms with Gasteiger partial charge in [0.15, 0.2) is 5.78 Å². The quantitative estimate of drug-likeness (QED) is 0.238. The standard InChI is InChI=1S/C41H59NO6/c1-23(17-28(45)32-36(5,6)48-32)31-27-13-14-30-37(7)21-40(25-11-10-12-26(44)18-25)15-16-41(42-20-24(2)43,33(37)35(3,4)34(40)47)22-39(30,9)38(27,8)19-29(31)46/h10-12,18,23-24,28,30,32-33,42-45H,13-17,19-22H2,1-9H3. The zero-order valence-corrected chi connectivity index (χ0v) is 30.7. The summed E-state index contributed by atoms with van der Waals surface area (Å²) in [5.41, 5.74) is 0.147. The fourth-order valence-electron chi connectivity index (χ4n) is 13.8. The minimum absolute atomic E-state index is 0.0384. The van der Waals surface area contributed by atoms with Crippen LogP contribution in [0.15, 0.2) is 35.4 Å². The number of phenols is 1. The van der Waals surface area contributed by atoms with Crippen LogP contribution in [0.3, 0.4) is 0 Å². The molecule has 8 rings (SSSR count). The number of nitrogens with one attached hydrogen (secondary N) is 1. The average molecular weight is 662 g/mol. The number of ether oxygens (including phenoxy) is 1. The zero-order chi connectivity index (χ0) is 35.0. The van der Waals surface area contributed by atoms with E-state index in [1.807, 2.05) is 39.0 Å². The van der Waals surface area contributed by atoms with Crippen LogP contribution in [0.4, 0.5) is 0 Å². The van der Waals surface area contributed by atoms with Crippen molar-refractivity contribution in [3.05, 3.63) is 41.0 Å². The number of phenolic OH excluding ortho intramolecular Hbond substituents is 1. The second kappa shape index (κ2) is 10.5. The maximum absolute atomic E-state index is 15.0. The monoisotopic (exact) mass is 661 g/mol. The van der Waals surface area contributed by atoms with Crippen molar-refractivity contribution in [1.29, 1.82) is 0 Å². The molecule has 6 aliphatic carbocycles. The Morgan fingerprint density at radius 2 is 1.69 bits per heavy atom. The lowest BCUT2D eigenvalue weighted by Gasteiger charge is -2.73. The van der Waals surface area contributed by atoms with E-state index in [1.165, 1.54) is 5.57 Å². The first-order valence-electron chi connectivity index (χ1n) is 18.6. The van der Waals surface area contributed by atoms with Gasteiger partial charge in [0, 0.05) is 29.3 Å². The summed E-state index contributed by atoms with van der Waals surface area (Å²) in [6, 6.07) is 7.41. The molecule has 1 saturated heterocycles. The Bertz CT molecular complexity index is 1580. The fraction of sp³-hybridized carbons (Fsp3) is 0.756.